The van der Waals surface area contributed by atoms with Crippen molar-refractivity contribution in [3.05, 3.63) is 25.3 Å². The summed E-state index contributed by atoms with van der Waals surface area (Å²) >= 11 is 0. The van der Waals surface area contributed by atoms with Gasteiger partial charge in [-0.1, -0.05) is 35.8 Å². The van der Waals surface area contributed by atoms with Crippen LogP contribution >= 0.6 is 0 Å². The molecule has 0 aliphatic rings. The van der Waals surface area contributed by atoms with Crippen LogP contribution in [0.2, 0.25) is 0 Å². The largest absolute Gasteiger partial charge is 0.444 e. The Hall–Kier alpha value is -2.46. The van der Waals surface area contributed by atoms with Gasteiger partial charge in [-0.25, -0.2) is 9.59 Å². The number of carbonyl (C=O) groups excluding carboxylic acids is 2. The Kier molecular flexibility index (Phi) is 11.4. The van der Waals surface area contributed by atoms with E-state index >= 15 is 0 Å². The molecule has 0 aromatic carbocycles. The van der Waals surface area contributed by atoms with Crippen LogP contribution in [0.25, 0.3) is 0 Å². The van der Waals surface area contributed by atoms with Gasteiger partial charge < -0.3 is 9.47 Å². The lowest BCUT2D eigenvalue weighted by Crippen LogP contribution is -2.20. The molecular formula is C16H18O4. The highest BCUT2D eigenvalue weighted by molar-refractivity contribution is 6.29. The number of unbranched alkanes of at least 4 members (excludes halogenated alkanes) is 2. The molecule has 0 bridgehead atoms. The molecule has 0 amide bonds. The zero-order valence-electron chi connectivity index (χ0n) is 11.4. The van der Waals surface area contributed by atoms with E-state index in [0.717, 1.165) is 12.8 Å². The molecule has 0 aromatic rings. The van der Waals surface area contributed by atoms with E-state index in [1.165, 1.54) is 0 Å². The molecule has 0 spiro atoms. The van der Waals surface area contributed by atoms with Crippen molar-refractivity contribution >= 4 is 11.9 Å². The number of hydrogen-bond acceptors (Lipinski definition) is 4. The van der Waals surface area contributed by atoms with Crippen molar-refractivity contribution in [1.82, 2.24) is 0 Å². The summed E-state index contributed by atoms with van der Waals surface area (Å²) in [7, 11) is 0. The van der Waals surface area contributed by atoms with Gasteiger partial charge in [-0.3, -0.25) is 0 Å². The third kappa shape index (κ3) is 10.7. The van der Waals surface area contributed by atoms with E-state index in [0.29, 0.717) is 12.8 Å². The van der Waals surface area contributed by atoms with Gasteiger partial charge in [0.05, 0.1) is 0 Å². The molecule has 0 atom stereocenters. The van der Waals surface area contributed by atoms with Crippen molar-refractivity contribution in [3.8, 4) is 23.7 Å². The number of rotatable bonds is 6. The quantitative estimate of drug-likeness (QED) is 0.244. The molecule has 0 radical (unpaired) electrons. The lowest BCUT2D eigenvalue weighted by atomic mass is 10.3. The summed E-state index contributed by atoms with van der Waals surface area (Å²) < 4.78 is 9.21. The monoisotopic (exact) mass is 274 g/mol. The van der Waals surface area contributed by atoms with Crippen LogP contribution in [0, 0.1) is 23.7 Å². The first-order chi connectivity index (χ1) is 9.72. The van der Waals surface area contributed by atoms with Crippen molar-refractivity contribution in [2.75, 3.05) is 13.2 Å². The molecule has 0 saturated carbocycles. The average Bonchev–Trinajstić information content (AvgIpc) is 2.45. The molecule has 4 heteroatoms. The Balaban J connectivity index is 3.77. The second-order valence-electron chi connectivity index (χ2n) is 3.51. The number of ether oxygens (including phenoxy) is 2. The van der Waals surface area contributed by atoms with Gasteiger partial charge in [-0.15, -0.1) is 13.2 Å². The van der Waals surface area contributed by atoms with Crippen molar-refractivity contribution in [3.63, 3.8) is 0 Å². The average molecular weight is 274 g/mol. The topological polar surface area (TPSA) is 52.6 Å². The minimum Gasteiger partial charge on any atom is -0.444 e. The van der Waals surface area contributed by atoms with Crippen LogP contribution in [-0.2, 0) is 19.1 Å². The highest BCUT2D eigenvalue weighted by atomic mass is 16.6. The smallest absolute Gasteiger partial charge is 0.418 e. The SMILES string of the molecule is C=CCCC#CCOC(=O)C(=O)OCC#CCCC=C. The number of allylic oxidation sites excluding steroid dienone is 2. The van der Waals surface area contributed by atoms with Crippen LogP contribution in [0.3, 0.4) is 0 Å². The minimum atomic E-state index is -1.06. The molecule has 0 saturated heterocycles. The van der Waals surface area contributed by atoms with Gasteiger partial charge >= 0.3 is 11.9 Å². The van der Waals surface area contributed by atoms with E-state index in [9.17, 15) is 9.59 Å². The van der Waals surface area contributed by atoms with E-state index in [4.69, 9.17) is 0 Å². The van der Waals surface area contributed by atoms with Crippen LogP contribution in [0.4, 0.5) is 0 Å². The standard InChI is InChI=1S/C16H18O4/c1-3-5-7-9-11-13-19-15(17)16(18)20-14-12-10-8-6-4-2/h3-4H,1-2,5-8,13-14H2. The maximum atomic E-state index is 11.2. The molecular weight excluding hydrogens is 256 g/mol. The lowest BCUT2D eigenvalue weighted by Gasteiger charge is -1.99. The van der Waals surface area contributed by atoms with Crippen LogP contribution < -0.4 is 0 Å². The first kappa shape index (κ1) is 17.5. The van der Waals surface area contributed by atoms with Crippen molar-refractivity contribution in [2.45, 2.75) is 25.7 Å². The predicted octanol–water partition coefficient (Wildman–Crippen LogP) is 2.01. The molecule has 0 aliphatic heterocycles. The summed E-state index contributed by atoms with van der Waals surface area (Å²) in [5.41, 5.74) is 0. The van der Waals surface area contributed by atoms with Gasteiger partial charge in [0.25, 0.3) is 0 Å². The van der Waals surface area contributed by atoms with E-state index in [1.54, 1.807) is 12.2 Å². The molecule has 0 fully saturated rings. The van der Waals surface area contributed by atoms with Gasteiger partial charge in [-0.05, 0) is 12.8 Å². The highest BCUT2D eigenvalue weighted by Crippen LogP contribution is 1.88. The summed E-state index contributed by atoms with van der Waals surface area (Å²) in [6.07, 6.45) is 6.32. The Labute approximate surface area is 119 Å². The molecule has 0 heterocycles. The molecule has 0 N–H and O–H groups in total. The van der Waals surface area contributed by atoms with Crippen LogP contribution in [0.15, 0.2) is 25.3 Å². The van der Waals surface area contributed by atoms with E-state index < -0.39 is 11.9 Å². The summed E-state index contributed by atoms with van der Waals surface area (Å²) in [5.74, 6) is 8.65. The second-order valence-corrected chi connectivity index (χ2v) is 3.51. The van der Waals surface area contributed by atoms with Crippen molar-refractivity contribution in [1.29, 1.82) is 0 Å². The van der Waals surface area contributed by atoms with Crippen LogP contribution in [0.5, 0.6) is 0 Å². The summed E-state index contributed by atoms with van der Waals surface area (Å²) in [6, 6.07) is 0. The van der Waals surface area contributed by atoms with E-state index in [2.05, 4.69) is 46.3 Å². The van der Waals surface area contributed by atoms with Gasteiger partial charge in [0.1, 0.15) is 0 Å². The molecule has 20 heavy (non-hydrogen) atoms. The minimum absolute atomic E-state index is 0.129. The Bertz CT molecular complexity index is 410. The number of esters is 2. The fraction of sp³-hybridized carbons (Fsp3) is 0.375. The first-order valence-corrected chi connectivity index (χ1v) is 6.19. The Morgan fingerprint density at radius 1 is 0.800 bits per heavy atom. The zero-order chi connectivity index (χ0) is 15.1. The summed E-state index contributed by atoms with van der Waals surface area (Å²) in [4.78, 5) is 22.3. The molecule has 0 aromatic heterocycles. The van der Waals surface area contributed by atoms with Crippen LogP contribution in [0.1, 0.15) is 25.7 Å². The number of hydrogen-bond donors (Lipinski definition) is 0. The third-order valence-corrected chi connectivity index (χ3v) is 1.91. The second kappa shape index (κ2) is 13.0. The maximum absolute atomic E-state index is 11.2. The summed E-state index contributed by atoms with van der Waals surface area (Å²) in [6.45, 7) is 6.85. The zero-order valence-corrected chi connectivity index (χ0v) is 11.4. The molecule has 0 rings (SSSR count). The van der Waals surface area contributed by atoms with Crippen LogP contribution in [-0.4, -0.2) is 25.2 Å². The first-order valence-electron chi connectivity index (χ1n) is 6.19. The van der Waals surface area contributed by atoms with Gasteiger partial charge in [-0.2, -0.15) is 0 Å². The van der Waals surface area contributed by atoms with Crippen molar-refractivity contribution < 1.29 is 19.1 Å². The fourth-order valence-corrected chi connectivity index (χ4v) is 0.948. The highest BCUT2D eigenvalue weighted by Gasteiger charge is 2.15. The molecule has 106 valence electrons. The predicted molar refractivity (Wildman–Crippen MR) is 76.3 cm³/mol. The number of carbonyl (C=O) groups is 2. The fourth-order valence-electron chi connectivity index (χ4n) is 0.948. The van der Waals surface area contributed by atoms with E-state index in [-0.39, 0.29) is 13.2 Å². The van der Waals surface area contributed by atoms with Gasteiger partial charge in [0.15, 0.2) is 13.2 Å². The Morgan fingerprint density at radius 3 is 1.55 bits per heavy atom. The normalized spacial score (nSPS) is 8.20. The lowest BCUT2D eigenvalue weighted by molar-refractivity contribution is -0.165. The molecule has 4 nitrogen and oxygen atoms in total. The summed E-state index contributed by atoms with van der Waals surface area (Å²) in [5, 5.41) is 0. The molecule has 0 unspecified atom stereocenters. The van der Waals surface area contributed by atoms with Crippen molar-refractivity contribution in [2.24, 2.45) is 0 Å². The molecule has 0 aliphatic carbocycles. The third-order valence-electron chi connectivity index (χ3n) is 1.91. The van der Waals surface area contributed by atoms with E-state index in [1.807, 2.05) is 0 Å². The maximum Gasteiger partial charge on any atom is 0.418 e. The van der Waals surface area contributed by atoms with Gasteiger partial charge in [0, 0.05) is 12.8 Å². The van der Waals surface area contributed by atoms with Gasteiger partial charge in [0.2, 0.25) is 0 Å². The Morgan fingerprint density at radius 2 is 1.20 bits per heavy atom.